The zero-order valence-electron chi connectivity index (χ0n) is 15.3. The Hall–Kier alpha value is -3.92. The van der Waals surface area contributed by atoms with Crippen molar-refractivity contribution in [1.82, 2.24) is 10.9 Å². The molecule has 2 amide bonds. The predicted molar refractivity (Wildman–Crippen MR) is 107 cm³/mol. The molecule has 0 radical (unpaired) electrons. The summed E-state index contributed by atoms with van der Waals surface area (Å²) in [5.74, 6) is -2.28. The number of amides is 2. The number of aromatic hydroxyl groups is 1. The molecule has 0 heterocycles. The van der Waals surface area contributed by atoms with Crippen LogP contribution in [-0.2, 0) is 10.0 Å². The van der Waals surface area contributed by atoms with Crippen LogP contribution in [0.1, 0.15) is 20.7 Å². The second-order valence-electron chi connectivity index (χ2n) is 6.07. The van der Waals surface area contributed by atoms with Crippen molar-refractivity contribution >= 4 is 27.5 Å². The lowest BCUT2D eigenvalue weighted by Crippen LogP contribution is -2.41. The molecule has 0 saturated heterocycles. The van der Waals surface area contributed by atoms with Crippen LogP contribution in [0.5, 0.6) is 5.75 Å². The topological polar surface area (TPSA) is 125 Å². The summed E-state index contributed by atoms with van der Waals surface area (Å²) in [5, 5.41) is 9.66. The summed E-state index contributed by atoms with van der Waals surface area (Å²) in [5.41, 5.74) is 4.37. The molecule has 8 nitrogen and oxygen atoms in total. The quantitative estimate of drug-likeness (QED) is 0.464. The molecule has 30 heavy (non-hydrogen) atoms. The highest BCUT2D eigenvalue weighted by Crippen LogP contribution is 2.18. The number of phenols is 1. The van der Waals surface area contributed by atoms with Crippen molar-refractivity contribution in [3.8, 4) is 5.75 Å². The van der Waals surface area contributed by atoms with Gasteiger partial charge in [-0.05, 0) is 54.6 Å². The molecule has 3 rings (SSSR count). The standard InChI is InChI=1S/C20H16FN3O5S/c21-14-8-10-15(11-9-14)24-30(28,29)16-5-3-4-13(12-16)19(26)22-23-20(27)17-6-1-2-7-18(17)25/h1-12,24-25H,(H,22,26)(H,23,27). The molecule has 10 heteroatoms. The van der Waals surface area contributed by atoms with Gasteiger partial charge in [-0.3, -0.25) is 25.2 Å². The van der Waals surface area contributed by atoms with Crippen LogP contribution in [0.25, 0.3) is 0 Å². The second kappa shape index (κ2) is 8.62. The summed E-state index contributed by atoms with van der Waals surface area (Å²) in [4.78, 5) is 24.1. The smallest absolute Gasteiger partial charge is 0.273 e. The summed E-state index contributed by atoms with van der Waals surface area (Å²) >= 11 is 0. The number of sulfonamides is 1. The van der Waals surface area contributed by atoms with Gasteiger partial charge in [0.1, 0.15) is 11.6 Å². The van der Waals surface area contributed by atoms with E-state index in [4.69, 9.17) is 0 Å². The van der Waals surface area contributed by atoms with Gasteiger partial charge in [-0.25, -0.2) is 12.8 Å². The number of nitrogens with one attached hydrogen (secondary N) is 3. The summed E-state index contributed by atoms with van der Waals surface area (Å²) in [6, 6.07) is 15.6. The van der Waals surface area contributed by atoms with Crippen molar-refractivity contribution < 1.29 is 27.5 Å². The Morgan fingerprint density at radius 2 is 1.50 bits per heavy atom. The van der Waals surface area contributed by atoms with Gasteiger partial charge in [0, 0.05) is 11.3 Å². The van der Waals surface area contributed by atoms with Crippen molar-refractivity contribution in [1.29, 1.82) is 0 Å². The van der Waals surface area contributed by atoms with Gasteiger partial charge < -0.3 is 5.11 Å². The number of hydrogen-bond acceptors (Lipinski definition) is 5. The van der Waals surface area contributed by atoms with E-state index in [0.29, 0.717) is 0 Å². The van der Waals surface area contributed by atoms with E-state index in [-0.39, 0.29) is 27.5 Å². The van der Waals surface area contributed by atoms with Crippen molar-refractivity contribution in [2.45, 2.75) is 4.90 Å². The summed E-state index contributed by atoms with van der Waals surface area (Å²) in [7, 11) is -4.03. The third-order valence-corrected chi connectivity index (χ3v) is 5.32. The van der Waals surface area contributed by atoms with Gasteiger partial charge in [-0.1, -0.05) is 18.2 Å². The highest BCUT2D eigenvalue weighted by atomic mass is 32.2. The summed E-state index contributed by atoms with van der Waals surface area (Å²) in [6.45, 7) is 0. The van der Waals surface area contributed by atoms with Crippen molar-refractivity contribution in [3.63, 3.8) is 0 Å². The molecule has 0 aliphatic heterocycles. The Labute approximate surface area is 171 Å². The van der Waals surface area contributed by atoms with Crippen LogP contribution in [0.4, 0.5) is 10.1 Å². The first-order chi connectivity index (χ1) is 14.3. The first-order valence-corrected chi connectivity index (χ1v) is 10.0. The zero-order valence-corrected chi connectivity index (χ0v) is 16.1. The van der Waals surface area contributed by atoms with E-state index in [1.54, 1.807) is 6.07 Å². The lowest BCUT2D eigenvalue weighted by molar-refractivity contribution is 0.0845. The van der Waals surface area contributed by atoms with E-state index >= 15 is 0 Å². The summed E-state index contributed by atoms with van der Waals surface area (Å²) in [6.07, 6.45) is 0. The maximum absolute atomic E-state index is 13.0. The number of benzene rings is 3. The molecule has 0 spiro atoms. The van der Waals surface area contributed by atoms with Gasteiger partial charge in [-0.2, -0.15) is 0 Å². The number of halogens is 1. The van der Waals surface area contributed by atoms with Crippen LogP contribution in [-0.4, -0.2) is 25.3 Å². The third-order valence-electron chi connectivity index (χ3n) is 3.94. The van der Waals surface area contributed by atoms with Gasteiger partial charge >= 0.3 is 0 Å². The lowest BCUT2D eigenvalue weighted by atomic mass is 10.2. The molecule has 0 aliphatic carbocycles. The number of carbonyl (C=O) groups excluding carboxylic acids is 2. The number of hydrogen-bond donors (Lipinski definition) is 4. The first-order valence-electron chi connectivity index (χ1n) is 8.53. The minimum absolute atomic E-state index is 0.0328. The molecule has 0 aliphatic rings. The maximum atomic E-state index is 13.0. The van der Waals surface area contributed by atoms with Crippen molar-refractivity contribution in [2.75, 3.05) is 4.72 Å². The first kappa shape index (κ1) is 20.8. The van der Waals surface area contributed by atoms with Gasteiger partial charge in [0.15, 0.2) is 0 Å². The third kappa shape index (κ3) is 4.92. The monoisotopic (exact) mass is 429 g/mol. The Morgan fingerprint density at radius 3 is 2.20 bits per heavy atom. The molecule has 0 saturated carbocycles. The molecule has 3 aromatic rings. The van der Waals surface area contributed by atoms with Crippen LogP contribution < -0.4 is 15.6 Å². The molecule has 0 fully saturated rings. The predicted octanol–water partition coefficient (Wildman–Crippen LogP) is 2.41. The number of para-hydroxylation sites is 1. The molecule has 0 bridgehead atoms. The van der Waals surface area contributed by atoms with Crippen LogP contribution in [0.2, 0.25) is 0 Å². The minimum Gasteiger partial charge on any atom is -0.507 e. The molecule has 3 aromatic carbocycles. The van der Waals surface area contributed by atoms with Crippen molar-refractivity contribution in [3.05, 3.63) is 89.7 Å². The van der Waals surface area contributed by atoms with Crippen LogP contribution >= 0.6 is 0 Å². The van der Waals surface area contributed by atoms with E-state index in [0.717, 1.165) is 18.2 Å². The lowest BCUT2D eigenvalue weighted by Gasteiger charge is -2.11. The maximum Gasteiger partial charge on any atom is 0.273 e. The minimum atomic E-state index is -4.03. The Bertz CT molecular complexity index is 1200. The van der Waals surface area contributed by atoms with Gasteiger partial charge in [0.05, 0.1) is 10.5 Å². The van der Waals surface area contributed by atoms with Gasteiger partial charge in [0.25, 0.3) is 21.8 Å². The fourth-order valence-corrected chi connectivity index (χ4v) is 3.56. The number of phenolic OH excluding ortho intramolecular Hbond substituents is 1. The normalized spacial score (nSPS) is 10.8. The zero-order chi connectivity index (χ0) is 21.7. The Morgan fingerprint density at radius 1 is 0.833 bits per heavy atom. The van der Waals surface area contributed by atoms with Crippen LogP contribution in [0.3, 0.4) is 0 Å². The number of carbonyl (C=O) groups is 2. The second-order valence-corrected chi connectivity index (χ2v) is 7.75. The van der Waals surface area contributed by atoms with E-state index in [2.05, 4.69) is 15.6 Å². The average Bonchev–Trinajstić information content (AvgIpc) is 2.73. The number of hydrazine groups is 1. The van der Waals surface area contributed by atoms with E-state index in [1.807, 2.05) is 0 Å². The molecule has 154 valence electrons. The average molecular weight is 429 g/mol. The molecule has 0 unspecified atom stereocenters. The molecular formula is C20H16FN3O5S. The fraction of sp³-hybridized carbons (Fsp3) is 0. The van der Waals surface area contributed by atoms with E-state index in [9.17, 15) is 27.5 Å². The summed E-state index contributed by atoms with van der Waals surface area (Å²) < 4.78 is 40.3. The fourth-order valence-electron chi connectivity index (χ4n) is 2.46. The number of rotatable bonds is 5. The van der Waals surface area contributed by atoms with Crippen molar-refractivity contribution in [2.24, 2.45) is 0 Å². The highest BCUT2D eigenvalue weighted by Gasteiger charge is 2.17. The molecular weight excluding hydrogens is 413 g/mol. The molecule has 0 atom stereocenters. The van der Waals surface area contributed by atoms with E-state index in [1.165, 1.54) is 48.5 Å². The van der Waals surface area contributed by atoms with Gasteiger partial charge in [0.2, 0.25) is 0 Å². The van der Waals surface area contributed by atoms with Crippen LogP contribution in [0, 0.1) is 5.82 Å². The SMILES string of the molecule is O=C(NNC(=O)c1ccccc1O)c1cccc(S(=O)(=O)Nc2ccc(F)cc2)c1. The Balaban J connectivity index is 1.71. The Kier molecular flexibility index (Phi) is 5.98. The largest absolute Gasteiger partial charge is 0.507 e. The van der Waals surface area contributed by atoms with Crippen LogP contribution in [0.15, 0.2) is 77.7 Å². The number of anilines is 1. The van der Waals surface area contributed by atoms with E-state index < -0.39 is 27.7 Å². The van der Waals surface area contributed by atoms with Gasteiger partial charge in [-0.15, -0.1) is 0 Å². The molecule has 4 N–H and O–H groups in total. The molecule has 0 aromatic heterocycles. The highest BCUT2D eigenvalue weighted by molar-refractivity contribution is 7.92.